The smallest absolute Gasteiger partial charge is 0.353 e. The molecular weight excluding hydrogens is 308 g/mol. The second-order valence-electron chi connectivity index (χ2n) is 6.86. The first kappa shape index (κ1) is 15.0. The maximum absolute atomic E-state index is 5.22. The molecule has 4 rings (SSSR count). The monoisotopic (exact) mass is 330 g/mol. The van der Waals surface area contributed by atoms with Gasteiger partial charge in [0.1, 0.15) is 9.49 Å². The summed E-state index contributed by atoms with van der Waals surface area (Å²) < 4.78 is 10.5. The summed E-state index contributed by atoms with van der Waals surface area (Å²) in [4.78, 5) is 8.85. The lowest BCUT2D eigenvalue weighted by molar-refractivity contribution is -0.316. The quantitative estimate of drug-likeness (QED) is 0.860. The van der Waals surface area contributed by atoms with Crippen LogP contribution < -0.4 is 9.97 Å². The Morgan fingerprint density at radius 2 is 1.17 bits per heavy atom. The number of thioether (sulfide) groups is 1. The zero-order valence-electron chi connectivity index (χ0n) is 13.3. The van der Waals surface area contributed by atoms with E-state index in [1.54, 1.807) is 12.5 Å². The van der Waals surface area contributed by atoms with Crippen molar-refractivity contribution in [2.24, 2.45) is 0 Å². The fourth-order valence-electron chi connectivity index (χ4n) is 4.23. The number of rotatable bonds is 4. The van der Waals surface area contributed by atoms with E-state index in [4.69, 9.17) is 8.83 Å². The summed E-state index contributed by atoms with van der Waals surface area (Å²) in [5.41, 5.74) is 2.11. The van der Waals surface area contributed by atoms with Crippen LogP contribution in [0.2, 0.25) is 0 Å². The molecule has 0 N–H and O–H groups in total. The summed E-state index contributed by atoms with van der Waals surface area (Å²) in [6, 6.07) is 0. The third-order valence-electron chi connectivity index (χ3n) is 5.43. The summed E-state index contributed by atoms with van der Waals surface area (Å²) in [5, 5.41) is 0. The second kappa shape index (κ2) is 6.13. The van der Waals surface area contributed by atoms with Gasteiger partial charge in [-0.3, -0.25) is 0 Å². The molecule has 4 nitrogen and oxygen atoms in total. The number of nitrogens with zero attached hydrogens (tertiary/aromatic N) is 2. The minimum Gasteiger partial charge on any atom is -0.353 e. The molecule has 5 heteroatoms. The highest BCUT2D eigenvalue weighted by molar-refractivity contribution is 8.01. The van der Waals surface area contributed by atoms with Gasteiger partial charge in [0.15, 0.2) is 12.5 Å². The Bertz CT molecular complexity index is 543. The molecule has 0 spiro atoms. The van der Waals surface area contributed by atoms with Gasteiger partial charge in [-0.2, -0.15) is 0 Å². The summed E-state index contributed by atoms with van der Waals surface area (Å²) in [6.45, 7) is 0. The van der Waals surface area contributed by atoms with Crippen LogP contribution in [0.3, 0.4) is 0 Å². The Labute approximate surface area is 141 Å². The van der Waals surface area contributed by atoms with Gasteiger partial charge in [-0.1, -0.05) is 38.5 Å². The molecular formula is C18H22N2O2S+2. The van der Waals surface area contributed by atoms with E-state index in [1.807, 2.05) is 0 Å². The van der Waals surface area contributed by atoms with E-state index >= 15 is 0 Å². The van der Waals surface area contributed by atoms with Crippen LogP contribution >= 0.6 is 11.8 Å². The molecule has 2 saturated carbocycles. The molecule has 0 saturated heterocycles. The maximum Gasteiger partial charge on any atom is 0.528 e. The van der Waals surface area contributed by atoms with Crippen molar-refractivity contribution in [3.63, 3.8) is 0 Å². The van der Waals surface area contributed by atoms with Gasteiger partial charge in [0.2, 0.25) is 0 Å². The van der Waals surface area contributed by atoms with E-state index < -0.39 is 0 Å². The highest BCUT2D eigenvalue weighted by Crippen LogP contribution is 2.58. The van der Waals surface area contributed by atoms with Gasteiger partial charge in [0.25, 0.3) is 0 Å². The van der Waals surface area contributed by atoms with Crippen molar-refractivity contribution in [1.29, 1.82) is 0 Å². The van der Waals surface area contributed by atoms with Gasteiger partial charge in [-0.05, 0) is 25.7 Å². The fourth-order valence-corrected chi connectivity index (χ4v) is 6.36. The summed E-state index contributed by atoms with van der Waals surface area (Å²) in [7, 11) is 0. The Balaban J connectivity index is 1.71. The van der Waals surface area contributed by atoms with Crippen LogP contribution in [0.5, 0.6) is 0 Å². The normalized spacial score (nSPS) is 23.0. The van der Waals surface area contributed by atoms with Crippen molar-refractivity contribution in [1.82, 2.24) is 0 Å². The molecule has 120 valence electrons. The topological polar surface area (TPSA) is 54.5 Å². The highest BCUT2D eigenvalue weighted by atomic mass is 32.2. The van der Waals surface area contributed by atoms with E-state index in [0.29, 0.717) is 0 Å². The molecule has 2 aliphatic rings. The molecule has 23 heavy (non-hydrogen) atoms. The van der Waals surface area contributed by atoms with Crippen LogP contribution in [0.4, 0.5) is 0 Å². The van der Waals surface area contributed by atoms with Crippen LogP contribution in [-0.2, 0) is 9.49 Å². The van der Waals surface area contributed by atoms with E-state index in [2.05, 4.69) is 34.5 Å². The first-order valence-electron chi connectivity index (χ1n) is 8.67. The Morgan fingerprint density at radius 3 is 1.52 bits per heavy atom. The Morgan fingerprint density at radius 1 is 0.739 bits per heavy atom. The van der Waals surface area contributed by atoms with Gasteiger partial charge < -0.3 is 8.83 Å². The van der Waals surface area contributed by atoms with E-state index in [9.17, 15) is 0 Å². The lowest BCUT2D eigenvalue weighted by Gasteiger charge is -2.39. The van der Waals surface area contributed by atoms with E-state index in [0.717, 1.165) is 37.1 Å². The van der Waals surface area contributed by atoms with Crippen LogP contribution in [0.25, 0.3) is 0 Å². The standard InChI is InChI=1S/C18H22N2O2S/c1-3-7-17(8-4-1,15-11-21-13-19-15)23-18(9-5-2-6-10-18)16-12-22-14-20-16/h11-12H,1-10H2/q+2. The van der Waals surface area contributed by atoms with Crippen molar-refractivity contribution in [2.75, 3.05) is 0 Å². The lowest BCUT2D eigenvalue weighted by atomic mass is 9.85. The number of hydrogen-bond acceptors (Lipinski definition) is 3. The van der Waals surface area contributed by atoms with Gasteiger partial charge in [0.05, 0.1) is 0 Å². The van der Waals surface area contributed by atoms with Crippen molar-refractivity contribution >= 4 is 11.8 Å². The predicted octanol–water partition coefficient (Wildman–Crippen LogP) is 3.42. The Hall–Kier alpha value is -1.59. The second-order valence-corrected chi connectivity index (χ2v) is 8.63. The largest absolute Gasteiger partial charge is 0.528 e. The molecule has 0 atom stereocenters. The molecule has 2 aromatic heterocycles. The average Bonchev–Trinajstić information content (AvgIpc) is 3.31. The molecule has 0 aliphatic heterocycles. The van der Waals surface area contributed by atoms with Gasteiger partial charge in [-0.25, -0.2) is 0 Å². The highest BCUT2D eigenvalue weighted by Gasteiger charge is 2.54. The molecule has 0 amide bonds. The molecule has 2 heterocycles. The number of hydrogen-bond donors (Lipinski definition) is 0. The Kier molecular flexibility index (Phi) is 3.99. The van der Waals surface area contributed by atoms with Crippen LogP contribution in [0, 0.1) is 12.8 Å². The summed E-state index contributed by atoms with van der Waals surface area (Å²) in [5.74, 6) is 0. The zero-order valence-corrected chi connectivity index (χ0v) is 14.2. The molecule has 2 aliphatic carbocycles. The summed E-state index contributed by atoms with van der Waals surface area (Å²) in [6.07, 6.45) is 21.2. The molecule has 0 aromatic carbocycles. The predicted molar refractivity (Wildman–Crippen MR) is 83.4 cm³/mol. The zero-order chi connectivity index (χ0) is 15.6. The number of aromatic nitrogens is 2. The fraction of sp³-hybridized carbons (Fsp3) is 0.667. The molecule has 0 unspecified atom stereocenters. The van der Waals surface area contributed by atoms with Crippen LogP contribution in [-0.4, -0.2) is 0 Å². The third kappa shape index (κ3) is 2.72. The van der Waals surface area contributed by atoms with Gasteiger partial charge >= 0.3 is 24.2 Å². The van der Waals surface area contributed by atoms with Gasteiger partial charge in [-0.15, -0.1) is 11.8 Å². The minimum atomic E-state index is 0.0258. The van der Waals surface area contributed by atoms with E-state index in [1.165, 1.54) is 38.5 Å². The first-order chi connectivity index (χ1) is 11.3. The maximum atomic E-state index is 5.22. The summed E-state index contributed by atoms with van der Waals surface area (Å²) >= 11 is 2.07. The van der Waals surface area contributed by atoms with Crippen LogP contribution in [0.15, 0.2) is 21.4 Å². The minimum absolute atomic E-state index is 0.0258. The lowest BCUT2D eigenvalue weighted by Crippen LogP contribution is -2.38. The van der Waals surface area contributed by atoms with Crippen molar-refractivity contribution in [3.8, 4) is 0 Å². The van der Waals surface area contributed by atoms with Crippen molar-refractivity contribution in [3.05, 3.63) is 36.7 Å². The van der Waals surface area contributed by atoms with Crippen molar-refractivity contribution < 1.29 is 18.8 Å². The van der Waals surface area contributed by atoms with Crippen LogP contribution in [0.1, 0.15) is 75.6 Å². The molecule has 2 fully saturated rings. The van der Waals surface area contributed by atoms with Gasteiger partial charge in [0, 0.05) is 9.97 Å². The third-order valence-corrected chi connectivity index (χ3v) is 7.44. The molecule has 0 bridgehead atoms. The SMILES string of the molecule is c1occ(C2(SC3(c4coc#[n+]4)CCCCC3)CCCCC2)[n+]#1. The molecule has 2 aromatic rings. The average molecular weight is 330 g/mol. The molecule has 0 radical (unpaired) electrons. The first-order valence-corrected chi connectivity index (χ1v) is 9.49. The van der Waals surface area contributed by atoms with E-state index in [-0.39, 0.29) is 9.49 Å². The van der Waals surface area contributed by atoms with Crippen molar-refractivity contribution in [2.45, 2.75) is 73.7 Å².